The van der Waals surface area contributed by atoms with Crippen molar-refractivity contribution in [2.24, 2.45) is 0 Å². The third-order valence-electron chi connectivity index (χ3n) is 3.76. The van der Waals surface area contributed by atoms with Crippen molar-refractivity contribution in [1.29, 1.82) is 0 Å². The fourth-order valence-electron chi connectivity index (χ4n) is 2.48. The zero-order valence-electron chi connectivity index (χ0n) is 15.1. The van der Waals surface area contributed by atoms with Gasteiger partial charge in [0.1, 0.15) is 5.75 Å². The van der Waals surface area contributed by atoms with Gasteiger partial charge in [0.2, 0.25) is 0 Å². The number of ether oxygens (including phenoxy) is 1. The topological polar surface area (TPSA) is 106 Å². The Hall–Kier alpha value is -2.41. The van der Waals surface area contributed by atoms with Crippen LogP contribution in [-0.2, 0) is 0 Å². The molecule has 0 unspecified atom stereocenters. The largest absolute Gasteiger partial charge is 0.495 e. The molecule has 0 aliphatic heterocycles. The molecule has 0 fully saturated rings. The normalized spacial score (nSPS) is 10.4. The summed E-state index contributed by atoms with van der Waals surface area (Å²) in [6.07, 6.45) is 0. The number of halogens is 2. The maximum absolute atomic E-state index is 12.6. The zero-order chi connectivity index (χ0) is 21.8. The minimum absolute atomic E-state index is 0.0214. The molecule has 2 aromatic carbocycles. The molecule has 0 aliphatic carbocycles. The Balaban J connectivity index is 1.71. The van der Waals surface area contributed by atoms with E-state index in [9.17, 15) is 14.9 Å². The van der Waals surface area contributed by atoms with Gasteiger partial charge in [-0.2, -0.15) is 0 Å². The predicted molar refractivity (Wildman–Crippen MR) is 126 cm³/mol. The summed E-state index contributed by atoms with van der Waals surface area (Å²) in [6, 6.07) is 9.55. The number of nitrogens with zero attached hydrogens (tertiary/aromatic N) is 2. The van der Waals surface area contributed by atoms with Crippen LogP contribution in [0.5, 0.6) is 5.75 Å². The summed E-state index contributed by atoms with van der Waals surface area (Å²) in [7, 11) is 1.46. The second kappa shape index (κ2) is 9.60. The first-order valence-corrected chi connectivity index (χ1v) is 11.0. The Kier molecular flexibility index (Phi) is 7.13. The van der Waals surface area contributed by atoms with E-state index in [-0.39, 0.29) is 10.8 Å². The van der Waals surface area contributed by atoms with Gasteiger partial charge in [-0.05, 0) is 40.3 Å². The van der Waals surface area contributed by atoms with Crippen LogP contribution in [0.15, 0.2) is 50.7 Å². The van der Waals surface area contributed by atoms with Crippen LogP contribution in [0.3, 0.4) is 0 Å². The van der Waals surface area contributed by atoms with Crippen LogP contribution < -0.4 is 15.4 Å². The van der Waals surface area contributed by atoms with E-state index in [0.29, 0.717) is 36.6 Å². The van der Waals surface area contributed by atoms with Crippen LogP contribution in [0, 0.1) is 10.1 Å². The molecule has 12 heteroatoms. The van der Waals surface area contributed by atoms with Gasteiger partial charge < -0.3 is 10.1 Å². The molecule has 0 radical (unpaired) electrons. The average molecular weight is 572 g/mol. The number of nitrogens with one attached hydrogen (secondary N) is 2. The fourth-order valence-corrected chi connectivity index (χ4v) is 4.84. The molecule has 0 aliphatic rings. The summed E-state index contributed by atoms with van der Waals surface area (Å²) >= 11 is 13.2. The number of rotatable bonds is 5. The second-order valence-electron chi connectivity index (χ2n) is 5.72. The smallest absolute Gasteiger partial charge is 0.270 e. The Morgan fingerprint density at radius 1 is 1.30 bits per heavy atom. The monoisotopic (exact) mass is 570 g/mol. The van der Waals surface area contributed by atoms with Crippen molar-refractivity contribution >= 4 is 77.3 Å². The van der Waals surface area contributed by atoms with Gasteiger partial charge in [-0.3, -0.25) is 20.2 Å². The van der Waals surface area contributed by atoms with Gasteiger partial charge in [0.15, 0.2) is 10.2 Å². The van der Waals surface area contributed by atoms with Crippen molar-refractivity contribution in [2.75, 3.05) is 12.4 Å². The summed E-state index contributed by atoms with van der Waals surface area (Å²) in [6.45, 7) is 0. The van der Waals surface area contributed by atoms with Crippen LogP contribution in [0.4, 0.5) is 10.8 Å². The third kappa shape index (κ3) is 5.19. The molecule has 154 valence electrons. The minimum atomic E-state index is -0.464. The lowest BCUT2D eigenvalue weighted by Crippen LogP contribution is -2.34. The molecule has 0 bridgehead atoms. The molecule has 0 atom stereocenters. The molecule has 8 nitrogen and oxygen atoms in total. The molecular formula is C18H12Br2N4O4S2. The van der Waals surface area contributed by atoms with Gasteiger partial charge in [0, 0.05) is 27.5 Å². The fraction of sp³-hybridized carbons (Fsp3) is 0.0556. The number of anilines is 1. The second-order valence-corrected chi connectivity index (χ2v) is 8.76. The molecule has 3 rings (SSSR count). The van der Waals surface area contributed by atoms with Gasteiger partial charge in [0.05, 0.1) is 27.8 Å². The highest BCUT2D eigenvalue weighted by Gasteiger charge is 2.18. The highest BCUT2D eigenvalue weighted by molar-refractivity contribution is 9.11. The van der Waals surface area contributed by atoms with E-state index in [2.05, 4.69) is 47.5 Å². The number of nitro benzene ring substituents is 1. The third-order valence-corrected chi connectivity index (χ3v) is 5.77. The molecule has 1 aromatic heterocycles. The molecule has 0 saturated heterocycles. The predicted octanol–water partition coefficient (Wildman–Crippen LogP) is 5.38. The van der Waals surface area contributed by atoms with E-state index in [0.717, 1.165) is 0 Å². The highest BCUT2D eigenvalue weighted by Crippen LogP contribution is 2.32. The van der Waals surface area contributed by atoms with Gasteiger partial charge in [-0.25, -0.2) is 4.98 Å². The Bertz CT molecular complexity index is 1150. The molecule has 2 N–H and O–H groups in total. The minimum Gasteiger partial charge on any atom is -0.495 e. The molecule has 30 heavy (non-hydrogen) atoms. The van der Waals surface area contributed by atoms with E-state index in [4.69, 9.17) is 17.0 Å². The number of hydrogen-bond acceptors (Lipinski definition) is 7. The highest BCUT2D eigenvalue weighted by atomic mass is 79.9. The van der Waals surface area contributed by atoms with E-state index < -0.39 is 10.8 Å². The number of nitro groups is 1. The maximum Gasteiger partial charge on any atom is 0.270 e. The number of amides is 1. The maximum atomic E-state index is 12.6. The van der Waals surface area contributed by atoms with Crippen molar-refractivity contribution in [2.45, 2.75) is 0 Å². The number of non-ortho nitro benzene ring substituents is 1. The summed E-state index contributed by atoms with van der Waals surface area (Å²) in [5.41, 5.74) is 1.43. The first-order chi connectivity index (χ1) is 14.3. The number of aromatic nitrogens is 1. The van der Waals surface area contributed by atoms with Crippen molar-refractivity contribution in [3.63, 3.8) is 0 Å². The van der Waals surface area contributed by atoms with E-state index >= 15 is 0 Å². The lowest BCUT2D eigenvalue weighted by Gasteiger charge is -2.12. The zero-order valence-corrected chi connectivity index (χ0v) is 19.9. The molecule has 0 spiro atoms. The SMILES string of the molecule is COc1c(Br)cc(Br)cc1C(=O)NC(=S)Nc1nc(-c2cccc([N+](=O)[O-])c2)cs1. The number of carbonyl (C=O) groups excluding carboxylic acids is 1. The van der Waals surface area contributed by atoms with Crippen LogP contribution in [-0.4, -0.2) is 28.0 Å². The van der Waals surface area contributed by atoms with Gasteiger partial charge >= 0.3 is 0 Å². The number of hydrogen-bond donors (Lipinski definition) is 2. The summed E-state index contributed by atoms with van der Waals surface area (Å²) in [5, 5.41) is 18.6. The Labute approximate surface area is 197 Å². The first kappa shape index (κ1) is 22.3. The average Bonchev–Trinajstić information content (AvgIpc) is 3.15. The lowest BCUT2D eigenvalue weighted by molar-refractivity contribution is -0.384. The molecule has 0 saturated carbocycles. The number of thiazole rings is 1. The van der Waals surface area contributed by atoms with Crippen LogP contribution in [0.25, 0.3) is 11.3 Å². The molecule has 1 heterocycles. The summed E-state index contributed by atoms with van der Waals surface area (Å²) in [4.78, 5) is 27.5. The van der Waals surface area contributed by atoms with Gasteiger partial charge in [-0.15, -0.1) is 11.3 Å². The van der Waals surface area contributed by atoms with E-state index in [1.54, 1.807) is 29.6 Å². The van der Waals surface area contributed by atoms with Crippen molar-refractivity contribution in [3.8, 4) is 17.0 Å². The van der Waals surface area contributed by atoms with Crippen LogP contribution in [0.2, 0.25) is 0 Å². The van der Waals surface area contributed by atoms with E-state index in [1.807, 2.05) is 0 Å². The number of carbonyl (C=O) groups is 1. The number of methoxy groups -OCH3 is 1. The summed E-state index contributed by atoms with van der Waals surface area (Å²) < 4.78 is 6.59. The van der Waals surface area contributed by atoms with E-state index in [1.165, 1.54) is 30.6 Å². The summed E-state index contributed by atoms with van der Waals surface area (Å²) in [5.74, 6) is -0.0810. The molecule has 1 amide bonds. The number of benzene rings is 2. The standard InChI is InChI=1S/C18H12Br2N4O4S2/c1-28-15-12(6-10(19)7-13(15)20)16(25)22-17(29)23-18-21-14(8-30-18)9-3-2-4-11(5-9)24(26)27/h2-8H,1H3,(H2,21,22,23,25,29). The van der Waals surface area contributed by atoms with Crippen molar-refractivity contribution in [3.05, 3.63) is 66.4 Å². The quantitative estimate of drug-likeness (QED) is 0.240. The van der Waals surface area contributed by atoms with Crippen LogP contribution >= 0.6 is 55.4 Å². The molecular weight excluding hydrogens is 560 g/mol. The Morgan fingerprint density at radius 2 is 2.07 bits per heavy atom. The molecule has 3 aromatic rings. The van der Waals surface area contributed by atoms with Crippen molar-refractivity contribution in [1.82, 2.24) is 10.3 Å². The van der Waals surface area contributed by atoms with Crippen molar-refractivity contribution < 1.29 is 14.5 Å². The van der Waals surface area contributed by atoms with Gasteiger partial charge in [-0.1, -0.05) is 28.1 Å². The van der Waals surface area contributed by atoms with Crippen LogP contribution in [0.1, 0.15) is 10.4 Å². The number of thiocarbonyl (C=S) groups is 1. The Morgan fingerprint density at radius 3 is 2.77 bits per heavy atom. The first-order valence-electron chi connectivity index (χ1n) is 8.14. The lowest BCUT2D eigenvalue weighted by atomic mass is 10.1. The van der Waals surface area contributed by atoms with Gasteiger partial charge in [0.25, 0.3) is 11.6 Å².